The highest BCUT2D eigenvalue weighted by Gasteiger charge is 2.08. The van der Waals surface area contributed by atoms with Crippen molar-refractivity contribution in [1.82, 2.24) is 5.32 Å². The minimum atomic E-state index is -0.372. The molecule has 0 spiro atoms. The van der Waals surface area contributed by atoms with Crippen molar-refractivity contribution in [3.63, 3.8) is 0 Å². The summed E-state index contributed by atoms with van der Waals surface area (Å²) in [6.45, 7) is 0.845. The van der Waals surface area contributed by atoms with Crippen LogP contribution in [-0.2, 0) is 13.0 Å². The van der Waals surface area contributed by atoms with Crippen molar-refractivity contribution in [2.24, 2.45) is 0 Å². The Labute approximate surface area is 168 Å². The van der Waals surface area contributed by atoms with E-state index >= 15 is 0 Å². The fraction of sp³-hybridized carbons (Fsp3) is 0.136. The number of nitrogens with one attached hydrogen (secondary N) is 1. The normalized spacial score (nSPS) is 10.4. The van der Waals surface area contributed by atoms with Crippen LogP contribution in [0.4, 0.5) is 4.39 Å². The smallest absolute Gasteiger partial charge is 0.131 e. The molecule has 0 saturated carbocycles. The number of halogens is 2. The molecule has 0 unspecified atom stereocenters. The number of rotatable bonds is 7. The molecule has 0 bridgehead atoms. The summed E-state index contributed by atoms with van der Waals surface area (Å²) in [5.41, 5.74) is 2.53. The fourth-order valence-electron chi connectivity index (χ4n) is 2.60. The lowest BCUT2D eigenvalue weighted by Crippen LogP contribution is -2.24. The van der Waals surface area contributed by atoms with Crippen LogP contribution in [0.2, 0.25) is 5.02 Å². The van der Waals surface area contributed by atoms with Gasteiger partial charge in [-0.1, -0.05) is 60.2 Å². The van der Waals surface area contributed by atoms with Crippen LogP contribution in [0.25, 0.3) is 0 Å². The molecule has 0 atom stereocenters. The molecular weight excluding hydrogens is 381 g/mol. The Hall–Kier alpha value is -2.43. The highest BCUT2D eigenvalue weighted by Crippen LogP contribution is 2.21. The van der Waals surface area contributed by atoms with Crippen LogP contribution in [0.3, 0.4) is 0 Å². The van der Waals surface area contributed by atoms with Gasteiger partial charge in [-0.25, -0.2) is 4.39 Å². The zero-order valence-corrected chi connectivity index (χ0v) is 16.2. The van der Waals surface area contributed by atoms with E-state index in [0.717, 1.165) is 18.5 Å². The molecule has 1 N–H and O–H groups in total. The average Bonchev–Trinajstić information content (AvgIpc) is 2.69. The van der Waals surface area contributed by atoms with E-state index in [-0.39, 0.29) is 12.4 Å². The first-order chi connectivity index (χ1) is 13.1. The summed E-state index contributed by atoms with van der Waals surface area (Å²) in [6.07, 6.45) is 0.908. The Balaban J connectivity index is 1.51. The third-order valence-corrected chi connectivity index (χ3v) is 4.84. The van der Waals surface area contributed by atoms with Gasteiger partial charge in [-0.15, -0.1) is 0 Å². The number of ether oxygens (including phenoxy) is 1. The third-order valence-electron chi connectivity index (χ3n) is 4.10. The van der Waals surface area contributed by atoms with E-state index in [2.05, 4.69) is 17.4 Å². The van der Waals surface area contributed by atoms with Gasteiger partial charge in [0, 0.05) is 17.7 Å². The maximum absolute atomic E-state index is 13.8. The quantitative estimate of drug-likeness (QED) is 0.525. The minimum Gasteiger partial charge on any atom is -0.489 e. The summed E-state index contributed by atoms with van der Waals surface area (Å²) < 4.78 is 19.4. The van der Waals surface area contributed by atoms with Gasteiger partial charge in [0.2, 0.25) is 0 Å². The van der Waals surface area contributed by atoms with E-state index in [4.69, 9.17) is 28.6 Å². The summed E-state index contributed by atoms with van der Waals surface area (Å²) >= 11 is 11.4. The molecule has 0 aromatic heterocycles. The zero-order chi connectivity index (χ0) is 19.1. The van der Waals surface area contributed by atoms with Crippen LogP contribution in [0, 0.1) is 5.82 Å². The highest BCUT2D eigenvalue weighted by atomic mass is 35.5. The summed E-state index contributed by atoms with van der Waals surface area (Å²) in [7, 11) is 0. The van der Waals surface area contributed by atoms with E-state index in [9.17, 15) is 4.39 Å². The summed E-state index contributed by atoms with van der Waals surface area (Å²) in [5, 5.41) is 3.62. The topological polar surface area (TPSA) is 21.3 Å². The molecule has 138 valence electrons. The molecule has 0 heterocycles. The standard InChI is InChI=1S/C22H19ClFNOS/c23-20-7-4-8-21(24)19(20)15-26-18-11-9-17(10-12-18)22(27)25-14-13-16-5-2-1-3-6-16/h1-12H,13-15H2,(H,25,27). The average molecular weight is 400 g/mol. The molecule has 27 heavy (non-hydrogen) atoms. The van der Waals surface area contributed by atoms with Crippen molar-refractivity contribution in [2.45, 2.75) is 13.0 Å². The second kappa shape index (κ2) is 9.49. The molecule has 0 aliphatic heterocycles. The van der Waals surface area contributed by atoms with Gasteiger partial charge in [0.05, 0.1) is 5.02 Å². The highest BCUT2D eigenvalue weighted by molar-refractivity contribution is 7.80. The molecule has 0 fully saturated rings. The Morgan fingerprint density at radius 3 is 2.41 bits per heavy atom. The fourth-order valence-corrected chi connectivity index (χ4v) is 3.05. The molecule has 0 amide bonds. The molecule has 5 heteroatoms. The van der Waals surface area contributed by atoms with Gasteiger partial charge in [-0.3, -0.25) is 0 Å². The SMILES string of the molecule is Fc1cccc(Cl)c1COc1ccc(C(=S)NCCc2ccccc2)cc1. The van der Waals surface area contributed by atoms with E-state index in [1.807, 2.05) is 42.5 Å². The van der Waals surface area contributed by atoms with E-state index in [1.165, 1.54) is 11.6 Å². The van der Waals surface area contributed by atoms with Crippen molar-refractivity contribution in [3.8, 4) is 5.75 Å². The molecule has 0 aliphatic rings. The number of benzene rings is 3. The summed E-state index contributed by atoms with van der Waals surface area (Å²) in [5.74, 6) is 0.257. The van der Waals surface area contributed by atoms with Gasteiger partial charge in [-0.05, 0) is 48.4 Å². The molecule has 2 nitrogen and oxygen atoms in total. The predicted molar refractivity (Wildman–Crippen MR) is 112 cm³/mol. The minimum absolute atomic E-state index is 0.0740. The molecule has 3 aromatic rings. The van der Waals surface area contributed by atoms with Gasteiger partial charge >= 0.3 is 0 Å². The molecule has 0 aliphatic carbocycles. The van der Waals surface area contributed by atoms with Crippen molar-refractivity contribution in [2.75, 3.05) is 6.54 Å². The van der Waals surface area contributed by atoms with Gasteiger partial charge in [0.15, 0.2) is 0 Å². The Morgan fingerprint density at radius 1 is 0.963 bits per heavy atom. The van der Waals surface area contributed by atoms with Gasteiger partial charge in [0.1, 0.15) is 23.2 Å². The van der Waals surface area contributed by atoms with Crippen molar-refractivity contribution in [3.05, 3.63) is 100 Å². The number of thiocarbonyl (C=S) groups is 1. The molecule has 3 rings (SSSR count). The second-order valence-electron chi connectivity index (χ2n) is 6.00. The lowest BCUT2D eigenvalue weighted by molar-refractivity contribution is 0.300. The Kier molecular flexibility index (Phi) is 6.80. The number of hydrogen-bond acceptors (Lipinski definition) is 2. The third kappa shape index (κ3) is 5.52. The van der Waals surface area contributed by atoms with Crippen LogP contribution < -0.4 is 10.1 Å². The maximum Gasteiger partial charge on any atom is 0.131 e. The van der Waals surface area contributed by atoms with Gasteiger partial charge < -0.3 is 10.1 Å². The first-order valence-electron chi connectivity index (χ1n) is 8.61. The Bertz CT molecular complexity index is 880. The predicted octanol–water partition coefficient (Wildman–Crippen LogP) is 5.57. The lowest BCUT2D eigenvalue weighted by atomic mass is 10.1. The van der Waals surface area contributed by atoms with Gasteiger partial charge in [-0.2, -0.15) is 0 Å². The van der Waals surface area contributed by atoms with Crippen molar-refractivity contribution in [1.29, 1.82) is 0 Å². The second-order valence-corrected chi connectivity index (χ2v) is 6.82. The van der Waals surface area contributed by atoms with Gasteiger partial charge in [0.25, 0.3) is 0 Å². The maximum atomic E-state index is 13.8. The van der Waals surface area contributed by atoms with Crippen LogP contribution in [0.1, 0.15) is 16.7 Å². The van der Waals surface area contributed by atoms with Crippen LogP contribution in [0.15, 0.2) is 72.8 Å². The van der Waals surface area contributed by atoms with E-state index < -0.39 is 0 Å². The van der Waals surface area contributed by atoms with Crippen molar-refractivity contribution < 1.29 is 9.13 Å². The number of hydrogen-bond donors (Lipinski definition) is 1. The molecule has 0 saturated heterocycles. The molecular formula is C22H19ClFNOS. The zero-order valence-electron chi connectivity index (χ0n) is 14.6. The molecule has 3 aromatic carbocycles. The summed E-state index contributed by atoms with van der Waals surface area (Å²) in [6, 6.07) is 22.2. The first kappa shape index (κ1) is 19.3. The van der Waals surface area contributed by atoms with Crippen molar-refractivity contribution >= 4 is 28.8 Å². The monoisotopic (exact) mass is 399 g/mol. The first-order valence-corrected chi connectivity index (χ1v) is 9.40. The largest absolute Gasteiger partial charge is 0.489 e. The van der Waals surface area contributed by atoms with Crippen LogP contribution in [0.5, 0.6) is 5.75 Å². The lowest BCUT2D eigenvalue weighted by Gasteiger charge is -2.11. The van der Waals surface area contributed by atoms with E-state index in [0.29, 0.717) is 21.3 Å². The molecule has 0 radical (unpaired) electrons. The Morgan fingerprint density at radius 2 is 1.70 bits per heavy atom. The van der Waals surface area contributed by atoms with Crippen LogP contribution >= 0.6 is 23.8 Å². The van der Waals surface area contributed by atoms with E-state index in [1.54, 1.807) is 12.1 Å². The summed E-state index contributed by atoms with van der Waals surface area (Å²) in [4.78, 5) is 0.689. The van der Waals surface area contributed by atoms with Crippen LogP contribution in [-0.4, -0.2) is 11.5 Å².